The lowest BCUT2D eigenvalue weighted by Crippen LogP contribution is -2.18. The van der Waals surface area contributed by atoms with Crippen molar-refractivity contribution in [2.75, 3.05) is 13.4 Å². The average Bonchev–Trinajstić information content (AvgIpc) is 2.37. The van der Waals surface area contributed by atoms with Crippen LogP contribution in [0.5, 0.6) is 0 Å². The number of ketones is 2. The molecule has 0 saturated carbocycles. The van der Waals surface area contributed by atoms with Crippen molar-refractivity contribution < 1.29 is 19.1 Å². The third-order valence-electron chi connectivity index (χ3n) is 2.14. The Morgan fingerprint density at radius 2 is 1.76 bits per heavy atom. The molecule has 0 aliphatic carbocycles. The molecule has 0 heterocycles. The molecule has 90 valence electrons. The summed E-state index contributed by atoms with van der Waals surface area (Å²) in [5.41, 5.74) is 0.289. The Labute approximate surface area is 103 Å². The maximum atomic E-state index is 11.6. The highest BCUT2D eigenvalue weighted by atomic mass is 32.2. The number of carbonyl (C=O) groups is 3. The van der Waals surface area contributed by atoms with Crippen LogP contribution >= 0.6 is 11.8 Å². The molecule has 0 fully saturated rings. The minimum atomic E-state index is -0.756. The van der Waals surface area contributed by atoms with Crippen LogP contribution < -0.4 is 0 Å². The lowest BCUT2D eigenvalue weighted by atomic mass is 10.1. The first kappa shape index (κ1) is 13.4. The van der Waals surface area contributed by atoms with Gasteiger partial charge in [0, 0.05) is 10.5 Å². The molecule has 0 saturated heterocycles. The van der Waals surface area contributed by atoms with Crippen molar-refractivity contribution in [3.8, 4) is 0 Å². The summed E-state index contributed by atoms with van der Waals surface area (Å²) in [6.45, 7) is 0. The highest BCUT2D eigenvalue weighted by Gasteiger charge is 2.19. The van der Waals surface area contributed by atoms with Crippen molar-refractivity contribution in [3.63, 3.8) is 0 Å². The van der Waals surface area contributed by atoms with E-state index in [4.69, 9.17) is 0 Å². The maximum absolute atomic E-state index is 11.6. The minimum absolute atomic E-state index is 0.289. The number of benzene rings is 1. The number of hydrogen-bond acceptors (Lipinski definition) is 5. The second-order valence-electron chi connectivity index (χ2n) is 3.23. The van der Waals surface area contributed by atoms with Gasteiger partial charge in [-0.05, 0) is 30.5 Å². The number of thioether (sulfide) groups is 1. The lowest BCUT2D eigenvalue weighted by Gasteiger charge is -2.01. The third kappa shape index (κ3) is 3.71. The SMILES string of the molecule is COC(=O)CC(=O)C(=O)c1ccc(SC)cc1. The van der Waals surface area contributed by atoms with Crippen LogP contribution in [0.1, 0.15) is 16.8 Å². The molecule has 1 aromatic rings. The topological polar surface area (TPSA) is 60.4 Å². The van der Waals surface area contributed by atoms with Gasteiger partial charge in [-0.15, -0.1) is 11.8 Å². The van der Waals surface area contributed by atoms with E-state index < -0.39 is 24.0 Å². The Morgan fingerprint density at radius 3 is 2.24 bits per heavy atom. The van der Waals surface area contributed by atoms with Crippen LogP contribution in [0.25, 0.3) is 0 Å². The standard InChI is InChI=1S/C12H12O4S/c1-16-11(14)7-10(13)12(15)8-3-5-9(17-2)6-4-8/h3-6H,7H2,1-2H3. The first-order valence-electron chi connectivity index (χ1n) is 4.87. The van der Waals surface area contributed by atoms with Gasteiger partial charge in [0.15, 0.2) is 0 Å². The number of esters is 1. The summed E-state index contributed by atoms with van der Waals surface area (Å²) in [5.74, 6) is -2.12. The summed E-state index contributed by atoms with van der Waals surface area (Å²) < 4.78 is 4.33. The number of methoxy groups -OCH3 is 1. The van der Waals surface area contributed by atoms with Crippen LogP contribution in [0.4, 0.5) is 0 Å². The van der Waals surface area contributed by atoms with Gasteiger partial charge in [-0.2, -0.15) is 0 Å². The van der Waals surface area contributed by atoms with Gasteiger partial charge in [0.25, 0.3) is 0 Å². The van der Waals surface area contributed by atoms with E-state index >= 15 is 0 Å². The molecule has 0 aromatic heterocycles. The van der Waals surface area contributed by atoms with Crippen molar-refractivity contribution in [1.29, 1.82) is 0 Å². The summed E-state index contributed by atoms with van der Waals surface area (Å²) in [7, 11) is 1.17. The van der Waals surface area contributed by atoms with Gasteiger partial charge < -0.3 is 4.74 Å². The van der Waals surface area contributed by atoms with Crippen LogP contribution in [-0.2, 0) is 14.3 Å². The van der Waals surface area contributed by atoms with Crippen molar-refractivity contribution in [1.82, 2.24) is 0 Å². The lowest BCUT2D eigenvalue weighted by molar-refractivity contribution is -0.142. The zero-order valence-electron chi connectivity index (χ0n) is 9.56. The molecule has 0 amide bonds. The van der Waals surface area contributed by atoms with E-state index in [2.05, 4.69) is 4.74 Å². The Kier molecular flexibility index (Phi) is 4.90. The van der Waals surface area contributed by atoms with Gasteiger partial charge in [-0.25, -0.2) is 0 Å². The molecule has 0 unspecified atom stereocenters. The van der Waals surface area contributed by atoms with E-state index in [1.807, 2.05) is 6.26 Å². The number of ether oxygens (including phenoxy) is 1. The molecule has 0 aliphatic rings. The van der Waals surface area contributed by atoms with Crippen LogP contribution in [0, 0.1) is 0 Å². The van der Waals surface area contributed by atoms with Crippen molar-refractivity contribution >= 4 is 29.3 Å². The Morgan fingerprint density at radius 1 is 1.18 bits per heavy atom. The highest BCUT2D eigenvalue weighted by Crippen LogP contribution is 2.15. The molecule has 5 heteroatoms. The summed E-state index contributed by atoms with van der Waals surface area (Å²) >= 11 is 1.54. The Hall–Kier alpha value is -1.62. The smallest absolute Gasteiger partial charge is 0.313 e. The predicted molar refractivity (Wildman–Crippen MR) is 64.2 cm³/mol. The minimum Gasteiger partial charge on any atom is -0.469 e. The van der Waals surface area contributed by atoms with E-state index in [0.29, 0.717) is 0 Å². The molecule has 4 nitrogen and oxygen atoms in total. The van der Waals surface area contributed by atoms with Crippen molar-refractivity contribution in [2.45, 2.75) is 11.3 Å². The van der Waals surface area contributed by atoms with Crippen LogP contribution in [-0.4, -0.2) is 30.9 Å². The number of hydrogen-bond donors (Lipinski definition) is 0. The molecule has 1 aromatic carbocycles. The molecular weight excluding hydrogens is 240 g/mol. The molecular formula is C12H12O4S. The van der Waals surface area contributed by atoms with Gasteiger partial charge in [0.05, 0.1) is 7.11 Å². The molecule has 0 spiro atoms. The van der Waals surface area contributed by atoms with Gasteiger partial charge >= 0.3 is 5.97 Å². The number of rotatable bonds is 5. The Bertz CT molecular complexity index is 436. The third-order valence-corrected chi connectivity index (χ3v) is 2.88. The van der Waals surface area contributed by atoms with Crippen LogP contribution in [0.15, 0.2) is 29.2 Å². The molecule has 0 atom stereocenters. The van der Waals surface area contributed by atoms with Gasteiger partial charge in [-0.3, -0.25) is 14.4 Å². The molecule has 17 heavy (non-hydrogen) atoms. The van der Waals surface area contributed by atoms with E-state index in [1.54, 1.807) is 36.0 Å². The van der Waals surface area contributed by atoms with E-state index in [-0.39, 0.29) is 5.56 Å². The summed E-state index contributed by atoms with van der Waals surface area (Å²) in [5, 5.41) is 0. The van der Waals surface area contributed by atoms with Crippen LogP contribution in [0.2, 0.25) is 0 Å². The van der Waals surface area contributed by atoms with Gasteiger partial charge in [0.2, 0.25) is 11.6 Å². The summed E-state index contributed by atoms with van der Waals surface area (Å²) in [4.78, 5) is 34.9. The second kappa shape index (κ2) is 6.20. The molecule has 1 rings (SSSR count). The van der Waals surface area contributed by atoms with E-state index in [9.17, 15) is 14.4 Å². The van der Waals surface area contributed by atoms with E-state index in [0.717, 1.165) is 4.90 Å². The fourth-order valence-electron chi connectivity index (χ4n) is 1.19. The van der Waals surface area contributed by atoms with Crippen molar-refractivity contribution in [3.05, 3.63) is 29.8 Å². The number of carbonyl (C=O) groups excluding carboxylic acids is 3. The Balaban J connectivity index is 2.74. The molecule has 0 N–H and O–H groups in total. The molecule has 0 bridgehead atoms. The average molecular weight is 252 g/mol. The molecule has 0 aliphatic heterocycles. The first-order chi connectivity index (χ1) is 8.08. The zero-order valence-corrected chi connectivity index (χ0v) is 10.4. The first-order valence-corrected chi connectivity index (χ1v) is 6.09. The van der Waals surface area contributed by atoms with E-state index in [1.165, 1.54) is 7.11 Å². The monoisotopic (exact) mass is 252 g/mol. The fraction of sp³-hybridized carbons (Fsp3) is 0.250. The molecule has 0 radical (unpaired) electrons. The predicted octanol–water partition coefficient (Wildman–Crippen LogP) is 1.72. The highest BCUT2D eigenvalue weighted by molar-refractivity contribution is 7.98. The second-order valence-corrected chi connectivity index (χ2v) is 4.11. The van der Waals surface area contributed by atoms with Gasteiger partial charge in [-0.1, -0.05) is 0 Å². The van der Waals surface area contributed by atoms with Crippen LogP contribution in [0.3, 0.4) is 0 Å². The van der Waals surface area contributed by atoms with Crippen molar-refractivity contribution in [2.24, 2.45) is 0 Å². The summed E-state index contributed by atoms with van der Waals surface area (Å²) in [6.07, 6.45) is 1.40. The zero-order chi connectivity index (χ0) is 12.8. The maximum Gasteiger partial charge on any atom is 0.313 e. The normalized spacial score (nSPS) is 9.76. The summed E-state index contributed by atoms with van der Waals surface area (Å²) in [6, 6.07) is 6.65. The number of Topliss-reactive ketones (excluding diaryl/α,β-unsaturated/α-hetero) is 2. The quantitative estimate of drug-likeness (QED) is 0.262. The van der Waals surface area contributed by atoms with Gasteiger partial charge in [0.1, 0.15) is 6.42 Å². The largest absolute Gasteiger partial charge is 0.469 e. The fourth-order valence-corrected chi connectivity index (χ4v) is 1.60.